The summed E-state index contributed by atoms with van der Waals surface area (Å²) in [5, 5.41) is 3.54. The van der Waals surface area contributed by atoms with Crippen LogP contribution in [0.25, 0.3) is 0 Å². The fourth-order valence-electron chi connectivity index (χ4n) is 1.68. The molecule has 0 amide bonds. The predicted molar refractivity (Wildman–Crippen MR) is 73.7 cm³/mol. The zero-order valence-corrected chi connectivity index (χ0v) is 12.2. The van der Waals surface area contributed by atoms with Gasteiger partial charge < -0.3 is 9.80 Å². The molecule has 0 rings (SSSR count). The van der Waals surface area contributed by atoms with E-state index in [1.54, 1.807) is 0 Å². The Morgan fingerprint density at radius 1 is 1.00 bits per heavy atom. The normalized spacial score (nSPS) is 14.1. The van der Waals surface area contributed by atoms with Crippen molar-refractivity contribution in [3.8, 4) is 0 Å². The highest BCUT2D eigenvalue weighted by atomic mass is 15.3. The van der Waals surface area contributed by atoms with Gasteiger partial charge in [-0.3, -0.25) is 0 Å². The summed E-state index contributed by atoms with van der Waals surface area (Å²) in [6.07, 6.45) is 6.77. The molecule has 2 heteroatoms. The first kappa shape index (κ1) is 15.9. The summed E-state index contributed by atoms with van der Waals surface area (Å²) in [5.41, 5.74) is 0. The van der Waals surface area contributed by atoms with Crippen LogP contribution in [0.1, 0.15) is 46.0 Å². The van der Waals surface area contributed by atoms with Crippen molar-refractivity contribution in [2.75, 3.05) is 40.8 Å². The Kier molecular flexibility index (Phi) is 8.96. The van der Waals surface area contributed by atoms with Gasteiger partial charge in [0, 0.05) is 0 Å². The highest BCUT2D eigenvalue weighted by molar-refractivity contribution is 4.55. The Bertz CT molecular complexity index is 149. The summed E-state index contributed by atoms with van der Waals surface area (Å²) >= 11 is 0. The highest BCUT2D eigenvalue weighted by Crippen LogP contribution is 2.03. The number of quaternary nitrogens is 1. The van der Waals surface area contributed by atoms with Crippen LogP contribution in [-0.2, 0) is 0 Å². The number of nitrogens with one attached hydrogen (secondary N) is 1. The first-order valence-corrected chi connectivity index (χ1v) is 6.97. The second-order valence-electron chi connectivity index (χ2n) is 6.15. The number of rotatable bonds is 10. The van der Waals surface area contributed by atoms with E-state index < -0.39 is 0 Å². The third kappa shape index (κ3) is 12.0. The van der Waals surface area contributed by atoms with Crippen LogP contribution >= 0.6 is 0 Å². The molecule has 0 aliphatic rings. The Morgan fingerprint density at radius 2 is 1.62 bits per heavy atom. The average molecular weight is 229 g/mol. The van der Waals surface area contributed by atoms with Gasteiger partial charge in [0.15, 0.2) is 0 Å². The van der Waals surface area contributed by atoms with Gasteiger partial charge in [-0.2, -0.15) is 0 Å². The molecule has 0 aromatic carbocycles. The molecular weight excluding hydrogens is 196 g/mol. The molecule has 0 saturated carbocycles. The van der Waals surface area contributed by atoms with E-state index in [4.69, 9.17) is 0 Å². The van der Waals surface area contributed by atoms with Crippen LogP contribution in [0.2, 0.25) is 0 Å². The Labute approximate surface area is 103 Å². The molecule has 2 nitrogen and oxygen atoms in total. The molecule has 1 unspecified atom stereocenters. The van der Waals surface area contributed by atoms with E-state index in [0.29, 0.717) is 0 Å². The van der Waals surface area contributed by atoms with E-state index in [9.17, 15) is 0 Å². The minimum Gasteiger partial charge on any atom is -0.331 e. The van der Waals surface area contributed by atoms with Gasteiger partial charge in [0.2, 0.25) is 0 Å². The van der Waals surface area contributed by atoms with Crippen molar-refractivity contribution in [3.05, 3.63) is 0 Å². The quantitative estimate of drug-likeness (QED) is 0.449. The van der Waals surface area contributed by atoms with Crippen LogP contribution in [-0.4, -0.2) is 45.3 Å². The molecule has 0 radical (unpaired) electrons. The van der Waals surface area contributed by atoms with Gasteiger partial charge in [0.25, 0.3) is 0 Å². The van der Waals surface area contributed by atoms with Crippen LogP contribution in [0.4, 0.5) is 0 Å². The summed E-state index contributed by atoms with van der Waals surface area (Å²) in [6.45, 7) is 8.27. The van der Waals surface area contributed by atoms with E-state index in [2.05, 4.69) is 40.3 Å². The van der Waals surface area contributed by atoms with E-state index in [1.807, 2.05) is 0 Å². The lowest BCUT2D eigenvalue weighted by Crippen LogP contribution is -2.35. The summed E-state index contributed by atoms with van der Waals surface area (Å²) in [7, 11) is 6.81. The van der Waals surface area contributed by atoms with Crippen molar-refractivity contribution in [1.82, 2.24) is 5.32 Å². The minimum absolute atomic E-state index is 0.832. The van der Waals surface area contributed by atoms with Crippen molar-refractivity contribution in [2.45, 2.75) is 46.0 Å². The van der Waals surface area contributed by atoms with Crippen molar-refractivity contribution in [1.29, 1.82) is 0 Å². The summed E-state index contributed by atoms with van der Waals surface area (Å²) < 4.78 is 1.10. The monoisotopic (exact) mass is 229 g/mol. The molecule has 0 aliphatic carbocycles. The van der Waals surface area contributed by atoms with E-state index in [0.717, 1.165) is 10.4 Å². The molecule has 16 heavy (non-hydrogen) atoms. The molecule has 0 spiro atoms. The van der Waals surface area contributed by atoms with E-state index in [-0.39, 0.29) is 0 Å². The third-order valence-electron chi connectivity index (χ3n) is 3.12. The smallest absolute Gasteiger partial charge is 0.0780 e. The Morgan fingerprint density at radius 3 is 2.19 bits per heavy atom. The largest absolute Gasteiger partial charge is 0.331 e. The number of nitrogens with zero attached hydrogens (tertiary/aromatic N) is 1. The zero-order chi connectivity index (χ0) is 12.4. The second-order valence-corrected chi connectivity index (χ2v) is 6.15. The van der Waals surface area contributed by atoms with Gasteiger partial charge >= 0.3 is 0 Å². The minimum atomic E-state index is 0.832. The number of unbranched alkanes of at least 4 members (excludes halogenated alkanes) is 3. The fraction of sp³-hybridized carbons (Fsp3) is 1.00. The molecule has 0 bridgehead atoms. The number of hydrogen-bond acceptors (Lipinski definition) is 1. The van der Waals surface area contributed by atoms with Gasteiger partial charge in [0.05, 0.1) is 27.7 Å². The zero-order valence-electron chi connectivity index (χ0n) is 12.2. The summed E-state index contributed by atoms with van der Waals surface area (Å²) in [4.78, 5) is 0. The summed E-state index contributed by atoms with van der Waals surface area (Å²) in [6, 6.07) is 0. The van der Waals surface area contributed by atoms with Gasteiger partial charge in [-0.1, -0.05) is 26.7 Å². The van der Waals surface area contributed by atoms with Gasteiger partial charge in [0.1, 0.15) is 0 Å². The molecule has 98 valence electrons. The Hall–Kier alpha value is -0.0800. The maximum atomic E-state index is 3.54. The van der Waals surface area contributed by atoms with Crippen LogP contribution in [0.5, 0.6) is 0 Å². The standard InChI is InChI=1S/C14H33N2/c1-6-14(2)13-15-11-9-7-8-10-12-16(3,4)5/h14-15H,6-13H2,1-5H3/q+1. The molecule has 0 saturated heterocycles. The van der Waals surface area contributed by atoms with Crippen molar-refractivity contribution in [2.24, 2.45) is 5.92 Å². The van der Waals surface area contributed by atoms with Crippen LogP contribution in [0.15, 0.2) is 0 Å². The number of hydrogen-bond donors (Lipinski definition) is 1. The fourth-order valence-corrected chi connectivity index (χ4v) is 1.68. The van der Waals surface area contributed by atoms with Crippen molar-refractivity contribution < 1.29 is 4.48 Å². The van der Waals surface area contributed by atoms with Gasteiger partial charge in [-0.05, 0) is 38.3 Å². The second kappa shape index (κ2) is 9.00. The first-order valence-electron chi connectivity index (χ1n) is 6.97. The molecular formula is C14H33N2+. The maximum absolute atomic E-state index is 3.54. The van der Waals surface area contributed by atoms with E-state index in [1.165, 1.54) is 51.7 Å². The van der Waals surface area contributed by atoms with Gasteiger partial charge in [-0.15, -0.1) is 0 Å². The average Bonchev–Trinajstić information content (AvgIpc) is 2.20. The maximum Gasteiger partial charge on any atom is 0.0780 e. The van der Waals surface area contributed by atoms with Crippen LogP contribution in [0.3, 0.4) is 0 Å². The van der Waals surface area contributed by atoms with Crippen LogP contribution in [0, 0.1) is 5.92 Å². The van der Waals surface area contributed by atoms with Crippen molar-refractivity contribution >= 4 is 0 Å². The highest BCUT2D eigenvalue weighted by Gasteiger charge is 2.04. The predicted octanol–water partition coefficient (Wildman–Crippen LogP) is 2.89. The van der Waals surface area contributed by atoms with Crippen molar-refractivity contribution in [3.63, 3.8) is 0 Å². The lowest BCUT2D eigenvalue weighted by atomic mass is 10.1. The summed E-state index contributed by atoms with van der Waals surface area (Å²) in [5.74, 6) is 0.832. The first-order chi connectivity index (χ1) is 7.45. The molecule has 1 N–H and O–H groups in total. The SMILES string of the molecule is CCC(C)CNCCCCCC[N+](C)(C)C. The topological polar surface area (TPSA) is 12.0 Å². The lowest BCUT2D eigenvalue weighted by Gasteiger charge is -2.23. The Balaban J connectivity index is 3.10. The van der Waals surface area contributed by atoms with Gasteiger partial charge in [-0.25, -0.2) is 0 Å². The molecule has 1 atom stereocenters. The lowest BCUT2D eigenvalue weighted by molar-refractivity contribution is -0.870. The molecule has 0 aromatic heterocycles. The molecule has 0 aromatic rings. The molecule has 0 aliphatic heterocycles. The molecule has 0 heterocycles. The van der Waals surface area contributed by atoms with E-state index >= 15 is 0 Å². The molecule has 0 fully saturated rings. The third-order valence-corrected chi connectivity index (χ3v) is 3.12. The van der Waals surface area contributed by atoms with Crippen LogP contribution < -0.4 is 5.32 Å².